The number of rotatable bonds is 4. The van der Waals surface area contributed by atoms with Crippen LogP contribution in [0.1, 0.15) is 12.0 Å². The lowest BCUT2D eigenvalue weighted by atomic mass is 10.1. The Labute approximate surface area is 172 Å². The summed E-state index contributed by atoms with van der Waals surface area (Å²) in [6, 6.07) is 10.6. The van der Waals surface area contributed by atoms with Gasteiger partial charge in [-0.1, -0.05) is 0 Å². The van der Waals surface area contributed by atoms with Crippen molar-refractivity contribution in [3.63, 3.8) is 0 Å². The molecular weight excluding hydrogens is 410 g/mol. The smallest absolute Gasteiger partial charge is 0.243 e. The number of fused-ring (bicyclic) bond motifs is 2. The summed E-state index contributed by atoms with van der Waals surface area (Å²) in [4.78, 5) is 17.2. The number of hydrogen-bond donors (Lipinski definition) is 1. The van der Waals surface area contributed by atoms with Crippen molar-refractivity contribution >= 4 is 43.2 Å². The summed E-state index contributed by atoms with van der Waals surface area (Å²) in [5.74, 6) is 0.202. The van der Waals surface area contributed by atoms with Crippen LogP contribution in [0.15, 0.2) is 46.8 Å². The Bertz CT molecular complexity index is 1210. The number of anilines is 1. The van der Waals surface area contributed by atoms with Gasteiger partial charge in [0.15, 0.2) is 0 Å². The first kappa shape index (κ1) is 18.5. The Morgan fingerprint density at radius 1 is 1.24 bits per heavy atom. The Hall–Kier alpha value is -2.49. The van der Waals surface area contributed by atoms with Gasteiger partial charge < -0.3 is 10.1 Å². The van der Waals surface area contributed by atoms with Crippen LogP contribution in [0.2, 0.25) is 0 Å². The van der Waals surface area contributed by atoms with Crippen LogP contribution in [0.25, 0.3) is 10.2 Å². The van der Waals surface area contributed by atoms with E-state index in [9.17, 15) is 13.2 Å². The Morgan fingerprint density at radius 2 is 2.14 bits per heavy atom. The molecule has 7 nitrogen and oxygen atoms in total. The van der Waals surface area contributed by atoms with E-state index in [1.807, 2.05) is 18.2 Å². The van der Waals surface area contributed by atoms with Crippen molar-refractivity contribution in [3.05, 3.63) is 47.5 Å². The first-order valence-corrected chi connectivity index (χ1v) is 11.7. The summed E-state index contributed by atoms with van der Waals surface area (Å²) in [5, 5.41) is 2.90. The van der Waals surface area contributed by atoms with Gasteiger partial charge in [0.25, 0.3) is 0 Å². The number of ether oxygens (including phenoxy) is 1. The number of benzene rings is 2. The fourth-order valence-corrected chi connectivity index (χ4v) is 6.02. The van der Waals surface area contributed by atoms with E-state index in [2.05, 4.69) is 10.3 Å². The Balaban J connectivity index is 1.29. The second-order valence-electron chi connectivity index (χ2n) is 7.24. The predicted molar refractivity (Wildman–Crippen MR) is 111 cm³/mol. The van der Waals surface area contributed by atoms with Gasteiger partial charge in [-0.3, -0.25) is 4.79 Å². The van der Waals surface area contributed by atoms with Gasteiger partial charge in [0, 0.05) is 25.2 Å². The average Bonchev–Trinajstić information content (AvgIpc) is 3.46. The van der Waals surface area contributed by atoms with Crippen molar-refractivity contribution in [1.82, 2.24) is 9.29 Å². The molecule has 1 N–H and O–H groups in total. The molecule has 1 saturated heterocycles. The highest BCUT2D eigenvalue weighted by Gasteiger charge is 2.36. The molecule has 9 heteroatoms. The van der Waals surface area contributed by atoms with Crippen molar-refractivity contribution in [2.24, 2.45) is 5.92 Å². The first-order valence-electron chi connectivity index (χ1n) is 9.41. The van der Waals surface area contributed by atoms with Gasteiger partial charge in [0.1, 0.15) is 5.75 Å². The minimum Gasteiger partial charge on any atom is -0.493 e. The zero-order chi connectivity index (χ0) is 20.0. The zero-order valence-corrected chi connectivity index (χ0v) is 17.1. The Morgan fingerprint density at radius 3 is 3.03 bits per heavy atom. The highest BCUT2D eigenvalue weighted by atomic mass is 32.2. The normalized spacial score (nSPS) is 19.2. The topological polar surface area (TPSA) is 88.6 Å². The molecule has 2 aliphatic rings. The van der Waals surface area contributed by atoms with E-state index in [0.29, 0.717) is 31.7 Å². The number of aromatic nitrogens is 1. The van der Waals surface area contributed by atoms with Crippen LogP contribution in [0.5, 0.6) is 5.75 Å². The van der Waals surface area contributed by atoms with E-state index in [-0.39, 0.29) is 23.3 Å². The van der Waals surface area contributed by atoms with E-state index in [1.54, 1.807) is 35.0 Å². The van der Waals surface area contributed by atoms with Gasteiger partial charge in [-0.05, 0) is 48.4 Å². The average molecular weight is 430 g/mol. The molecular formula is C20H19N3O4S2. The summed E-state index contributed by atoms with van der Waals surface area (Å²) in [6.45, 7) is 1.09. The maximum absolute atomic E-state index is 13.0. The molecule has 0 bridgehead atoms. The second kappa shape index (κ2) is 7.08. The summed E-state index contributed by atoms with van der Waals surface area (Å²) < 4.78 is 34.0. The largest absolute Gasteiger partial charge is 0.493 e. The van der Waals surface area contributed by atoms with Gasteiger partial charge >= 0.3 is 0 Å². The van der Waals surface area contributed by atoms with E-state index in [0.717, 1.165) is 21.5 Å². The molecule has 3 aromatic rings. The molecule has 0 radical (unpaired) electrons. The van der Waals surface area contributed by atoms with Crippen LogP contribution < -0.4 is 10.1 Å². The molecule has 2 aliphatic heterocycles. The fraction of sp³-hybridized carbons (Fsp3) is 0.300. The molecule has 1 amide bonds. The number of thiazole rings is 1. The number of carbonyl (C=O) groups excluding carboxylic acids is 1. The molecule has 29 heavy (non-hydrogen) atoms. The molecule has 1 fully saturated rings. The molecule has 3 heterocycles. The summed E-state index contributed by atoms with van der Waals surface area (Å²) >= 11 is 1.54. The number of sulfonamides is 1. The van der Waals surface area contributed by atoms with Gasteiger partial charge in [-0.25, -0.2) is 13.4 Å². The zero-order valence-electron chi connectivity index (χ0n) is 15.5. The van der Waals surface area contributed by atoms with Crippen molar-refractivity contribution in [3.8, 4) is 5.75 Å². The molecule has 150 valence electrons. The van der Waals surface area contributed by atoms with Crippen LogP contribution in [-0.2, 0) is 21.2 Å². The van der Waals surface area contributed by atoms with E-state index in [1.165, 1.54) is 4.31 Å². The second-order valence-corrected chi connectivity index (χ2v) is 10.1. The van der Waals surface area contributed by atoms with Crippen LogP contribution in [0, 0.1) is 5.92 Å². The minimum absolute atomic E-state index is 0.167. The minimum atomic E-state index is -3.63. The highest BCUT2D eigenvalue weighted by Crippen LogP contribution is 2.31. The van der Waals surface area contributed by atoms with E-state index in [4.69, 9.17) is 4.74 Å². The molecule has 5 rings (SSSR count). The molecule has 0 aliphatic carbocycles. The molecule has 0 unspecified atom stereocenters. The van der Waals surface area contributed by atoms with E-state index < -0.39 is 10.0 Å². The van der Waals surface area contributed by atoms with Crippen LogP contribution in [-0.4, -0.2) is 43.3 Å². The van der Waals surface area contributed by atoms with E-state index >= 15 is 0 Å². The first-order chi connectivity index (χ1) is 14.0. The lowest BCUT2D eigenvalue weighted by molar-refractivity contribution is -0.119. The molecule has 1 aromatic heterocycles. The van der Waals surface area contributed by atoms with Crippen LogP contribution in [0.4, 0.5) is 5.69 Å². The quantitative estimate of drug-likeness (QED) is 0.689. The fourth-order valence-electron chi connectivity index (χ4n) is 3.81. The SMILES string of the molecule is O=C(Nc1ccc2scnc2c1)[C@@H]1CCN(S(=O)(=O)c2ccc3c(c2)CCO3)C1. The molecule has 0 saturated carbocycles. The molecule has 2 aromatic carbocycles. The maximum atomic E-state index is 13.0. The van der Waals surface area contributed by atoms with Crippen LogP contribution in [0.3, 0.4) is 0 Å². The van der Waals surface area contributed by atoms with Gasteiger partial charge in [0.05, 0.1) is 33.1 Å². The van der Waals surface area contributed by atoms with Crippen LogP contribution >= 0.6 is 11.3 Å². The third-order valence-electron chi connectivity index (χ3n) is 5.42. The molecule has 1 atom stereocenters. The van der Waals surface area contributed by atoms with Crippen molar-refractivity contribution in [1.29, 1.82) is 0 Å². The predicted octanol–water partition coefficient (Wildman–Crippen LogP) is 2.88. The lowest BCUT2D eigenvalue weighted by Gasteiger charge is -2.17. The van der Waals surface area contributed by atoms with Crippen molar-refractivity contribution in [2.75, 3.05) is 25.0 Å². The molecule has 0 spiro atoms. The Kier molecular flexibility index (Phi) is 4.53. The highest BCUT2D eigenvalue weighted by molar-refractivity contribution is 7.89. The van der Waals surface area contributed by atoms with Gasteiger partial charge in [-0.15, -0.1) is 11.3 Å². The number of carbonyl (C=O) groups is 1. The van der Waals surface area contributed by atoms with Crippen molar-refractivity contribution in [2.45, 2.75) is 17.7 Å². The standard InChI is InChI=1S/C20H19N3O4S2/c24-20(22-15-1-4-19-17(10-15)21-12-28-19)14-5-7-23(11-14)29(25,26)16-2-3-18-13(9-16)6-8-27-18/h1-4,9-10,12,14H,5-8,11H2,(H,22,24)/t14-/m1/s1. The monoisotopic (exact) mass is 429 g/mol. The van der Waals surface area contributed by atoms with Crippen molar-refractivity contribution < 1.29 is 17.9 Å². The number of amides is 1. The summed E-state index contributed by atoms with van der Waals surface area (Å²) in [5.41, 5.74) is 4.19. The maximum Gasteiger partial charge on any atom is 0.243 e. The van der Waals surface area contributed by atoms with Gasteiger partial charge in [0.2, 0.25) is 15.9 Å². The summed E-state index contributed by atoms with van der Waals surface area (Å²) in [7, 11) is -3.63. The number of nitrogens with zero attached hydrogens (tertiary/aromatic N) is 2. The lowest BCUT2D eigenvalue weighted by Crippen LogP contribution is -2.31. The number of hydrogen-bond acceptors (Lipinski definition) is 6. The number of nitrogens with one attached hydrogen (secondary N) is 1. The van der Waals surface area contributed by atoms with Gasteiger partial charge in [-0.2, -0.15) is 4.31 Å². The third-order valence-corrected chi connectivity index (χ3v) is 8.09. The third kappa shape index (κ3) is 3.39. The summed E-state index contributed by atoms with van der Waals surface area (Å²) in [6.07, 6.45) is 1.21.